The number of nitrogens with zero attached hydrogens (tertiary/aromatic N) is 2. The molecule has 9 heteroatoms. The second kappa shape index (κ2) is 9.33. The fourth-order valence-electron chi connectivity index (χ4n) is 3.32. The molecule has 1 fully saturated rings. The number of urea groups is 1. The standard InChI is InChI=1S/C20H23FN4O4/c1-13(26)25-11-19(9-17(25)12-28-2)29-18-7-14(21)6-16(8-18)24-20(27)23-15-4-3-5-22-10-15/h3-8,10,17,19H,9,11-12H2,1-2H3,(H2,23,24,27). The Bertz CT molecular complexity index is 865. The molecule has 2 N–H and O–H groups in total. The number of hydrogen-bond acceptors (Lipinski definition) is 5. The molecular formula is C20H23FN4O4. The highest BCUT2D eigenvalue weighted by molar-refractivity contribution is 5.99. The van der Waals surface area contributed by atoms with E-state index in [-0.39, 0.29) is 29.5 Å². The molecule has 8 nitrogen and oxygen atoms in total. The second-order valence-electron chi connectivity index (χ2n) is 6.75. The molecule has 0 bridgehead atoms. The highest BCUT2D eigenvalue weighted by atomic mass is 19.1. The molecule has 154 valence electrons. The van der Waals surface area contributed by atoms with E-state index < -0.39 is 11.8 Å². The second-order valence-corrected chi connectivity index (χ2v) is 6.75. The number of carbonyl (C=O) groups is 2. The van der Waals surface area contributed by atoms with Gasteiger partial charge in [-0.2, -0.15) is 0 Å². The molecule has 2 unspecified atom stereocenters. The van der Waals surface area contributed by atoms with Gasteiger partial charge in [0.05, 0.1) is 31.1 Å². The summed E-state index contributed by atoms with van der Waals surface area (Å²) in [4.78, 5) is 29.5. The van der Waals surface area contributed by atoms with Gasteiger partial charge < -0.3 is 25.0 Å². The average Bonchev–Trinajstić information content (AvgIpc) is 3.05. The zero-order valence-electron chi connectivity index (χ0n) is 16.2. The first-order valence-corrected chi connectivity index (χ1v) is 9.16. The van der Waals surface area contributed by atoms with Gasteiger partial charge in [0.2, 0.25) is 5.91 Å². The van der Waals surface area contributed by atoms with Gasteiger partial charge in [0.1, 0.15) is 17.7 Å². The predicted molar refractivity (Wildman–Crippen MR) is 105 cm³/mol. The molecular weight excluding hydrogens is 379 g/mol. The molecule has 1 aliphatic rings. The first-order valence-electron chi connectivity index (χ1n) is 9.16. The van der Waals surface area contributed by atoms with Crippen LogP contribution in [0.5, 0.6) is 5.75 Å². The maximum atomic E-state index is 14.0. The summed E-state index contributed by atoms with van der Waals surface area (Å²) in [5.41, 5.74) is 0.758. The van der Waals surface area contributed by atoms with Crippen LogP contribution in [0.15, 0.2) is 42.7 Å². The monoisotopic (exact) mass is 402 g/mol. The third kappa shape index (κ3) is 5.64. The smallest absolute Gasteiger partial charge is 0.323 e. The van der Waals surface area contributed by atoms with Crippen molar-refractivity contribution in [3.05, 3.63) is 48.5 Å². The molecule has 29 heavy (non-hydrogen) atoms. The summed E-state index contributed by atoms with van der Waals surface area (Å²) in [5, 5.41) is 5.18. The van der Waals surface area contributed by atoms with Crippen molar-refractivity contribution in [1.82, 2.24) is 9.88 Å². The van der Waals surface area contributed by atoms with Crippen molar-refractivity contribution in [2.75, 3.05) is 30.9 Å². The van der Waals surface area contributed by atoms with Crippen LogP contribution in [0.2, 0.25) is 0 Å². The van der Waals surface area contributed by atoms with Crippen LogP contribution < -0.4 is 15.4 Å². The van der Waals surface area contributed by atoms with E-state index in [1.54, 1.807) is 30.3 Å². The number of nitrogens with one attached hydrogen (secondary N) is 2. The normalized spacial score (nSPS) is 18.4. The lowest BCUT2D eigenvalue weighted by Crippen LogP contribution is -2.36. The highest BCUT2D eigenvalue weighted by Crippen LogP contribution is 2.26. The minimum atomic E-state index is -0.547. The van der Waals surface area contributed by atoms with Crippen LogP contribution in [0.4, 0.5) is 20.6 Å². The number of amides is 3. The Kier molecular flexibility index (Phi) is 6.61. The maximum Gasteiger partial charge on any atom is 0.323 e. The van der Waals surface area contributed by atoms with E-state index in [2.05, 4.69) is 15.6 Å². The molecule has 0 aliphatic carbocycles. The van der Waals surface area contributed by atoms with Crippen molar-refractivity contribution in [2.45, 2.75) is 25.5 Å². The largest absolute Gasteiger partial charge is 0.488 e. The van der Waals surface area contributed by atoms with Gasteiger partial charge in [-0.25, -0.2) is 9.18 Å². The minimum absolute atomic E-state index is 0.0631. The molecule has 2 atom stereocenters. The Morgan fingerprint density at radius 3 is 2.76 bits per heavy atom. The lowest BCUT2D eigenvalue weighted by atomic mass is 10.2. The number of pyridine rings is 1. The number of aromatic nitrogens is 1. The number of ether oxygens (including phenoxy) is 2. The lowest BCUT2D eigenvalue weighted by Gasteiger charge is -2.21. The van der Waals surface area contributed by atoms with E-state index in [0.717, 1.165) is 0 Å². The zero-order valence-corrected chi connectivity index (χ0v) is 16.2. The van der Waals surface area contributed by atoms with Gasteiger partial charge in [-0.3, -0.25) is 9.78 Å². The van der Waals surface area contributed by atoms with Gasteiger partial charge in [0.25, 0.3) is 0 Å². The minimum Gasteiger partial charge on any atom is -0.488 e. The number of rotatable bonds is 6. The maximum absolute atomic E-state index is 14.0. The van der Waals surface area contributed by atoms with E-state index in [0.29, 0.717) is 25.3 Å². The third-order valence-electron chi connectivity index (χ3n) is 4.49. The SMILES string of the molecule is COCC1CC(Oc2cc(F)cc(NC(=O)Nc3cccnc3)c2)CN1C(C)=O. The number of methoxy groups -OCH3 is 1. The number of likely N-dealkylation sites (tertiary alicyclic amines) is 1. The average molecular weight is 402 g/mol. The fourth-order valence-corrected chi connectivity index (χ4v) is 3.32. The van der Waals surface area contributed by atoms with Crippen LogP contribution in [0.25, 0.3) is 0 Å². The van der Waals surface area contributed by atoms with Crippen molar-refractivity contribution in [2.24, 2.45) is 0 Å². The van der Waals surface area contributed by atoms with Crippen LogP contribution in [0.1, 0.15) is 13.3 Å². The summed E-state index contributed by atoms with van der Waals surface area (Å²) in [7, 11) is 1.58. The molecule has 1 aliphatic heterocycles. The van der Waals surface area contributed by atoms with Gasteiger partial charge >= 0.3 is 6.03 Å². The molecule has 1 saturated heterocycles. The first-order chi connectivity index (χ1) is 13.9. The molecule has 2 heterocycles. The van der Waals surface area contributed by atoms with E-state index in [9.17, 15) is 14.0 Å². The van der Waals surface area contributed by atoms with Gasteiger partial charge in [-0.05, 0) is 18.2 Å². The van der Waals surface area contributed by atoms with Gasteiger partial charge in [-0.15, -0.1) is 0 Å². The summed E-state index contributed by atoms with van der Waals surface area (Å²) in [5.74, 6) is -0.339. The van der Waals surface area contributed by atoms with Gasteiger partial charge in [-0.1, -0.05) is 0 Å². The zero-order chi connectivity index (χ0) is 20.8. The molecule has 0 radical (unpaired) electrons. The predicted octanol–water partition coefficient (Wildman–Crippen LogP) is 2.88. The van der Waals surface area contributed by atoms with E-state index in [4.69, 9.17) is 9.47 Å². The molecule has 2 aromatic rings. The molecule has 1 aromatic carbocycles. The number of halogens is 1. The quantitative estimate of drug-likeness (QED) is 0.775. The Hall–Kier alpha value is -3.20. The van der Waals surface area contributed by atoms with Gasteiger partial charge in [0, 0.05) is 44.5 Å². The van der Waals surface area contributed by atoms with Crippen molar-refractivity contribution in [1.29, 1.82) is 0 Å². The van der Waals surface area contributed by atoms with Crippen molar-refractivity contribution in [3.8, 4) is 5.75 Å². The molecule has 3 rings (SSSR count). The fraction of sp³-hybridized carbons (Fsp3) is 0.350. The van der Waals surface area contributed by atoms with Crippen molar-refractivity contribution >= 4 is 23.3 Å². The molecule has 1 aromatic heterocycles. The topological polar surface area (TPSA) is 92.8 Å². The highest BCUT2D eigenvalue weighted by Gasteiger charge is 2.35. The van der Waals surface area contributed by atoms with Crippen LogP contribution in [0, 0.1) is 5.82 Å². The Balaban J connectivity index is 1.64. The summed E-state index contributed by atoms with van der Waals surface area (Å²) in [6, 6.07) is 6.73. The van der Waals surface area contributed by atoms with Crippen molar-refractivity contribution < 1.29 is 23.5 Å². The van der Waals surface area contributed by atoms with E-state index in [1.165, 1.54) is 31.3 Å². The summed E-state index contributed by atoms with van der Waals surface area (Å²) < 4.78 is 25.1. The van der Waals surface area contributed by atoms with E-state index in [1.807, 2.05) is 0 Å². The number of carbonyl (C=O) groups excluding carboxylic acids is 2. The lowest BCUT2D eigenvalue weighted by molar-refractivity contribution is -0.130. The first kappa shape index (κ1) is 20.5. The van der Waals surface area contributed by atoms with Crippen LogP contribution in [0.3, 0.4) is 0 Å². The Morgan fingerprint density at radius 2 is 2.07 bits per heavy atom. The number of hydrogen-bond donors (Lipinski definition) is 2. The summed E-state index contributed by atoms with van der Waals surface area (Å²) in [6.07, 6.45) is 3.37. The Morgan fingerprint density at radius 1 is 1.28 bits per heavy atom. The number of benzene rings is 1. The number of anilines is 2. The summed E-state index contributed by atoms with van der Waals surface area (Å²) >= 11 is 0. The molecule has 0 saturated carbocycles. The molecule has 0 spiro atoms. The van der Waals surface area contributed by atoms with Gasteiger partial charge in [0.15, 0.2) is 0 Å². The van der Waals surface area contributed by atoms with Crippen LogP contribution in [-0.4, -0.2) is 54.2 Å². The van der Waals surface area contributed by atoms with Crippen LogP contribution >= 0.6 is 0 Å². The van der Waals surface area contributed by atoms with E-state index >= 15 is 0 Å². The molecule has 3 amide bonds. The van der Waals surface area contributed by atoms with Crippen LogP contribution in [-0.2, 0) is 9.53 Å². The summed E-state index contributed by atoms with van der Waals surface area (Å²) in [6.45, 7) is 2.30. The van der Waals surface area contributed by atoms with Crippen molar-refractivity contribution in [3.63, 3.8) is 0 Å². The Labute approximate surface area is 168 Å². The third-order valence-corrected chi connectivity index (χ3v) is 4.49.